The number of hydrogen-bond donors (Lipinski definition) is 1. The highest BCUT2D eigenvalue weighted by Gasteiger charge is 2.47. The summed E-state index contributed by atoms with van der Waals surface area (Å²) in [7, 11) is 1.60. The summed E-state index contributed by atoms with van der Waals surface area (Å²) in [5.41, 5.74) is 1.06. The van der Waals surface area contributed by atoms with E-state index in [4.69, 9.17) is 9.47 Å². The zero-order chi connectivity index (χ0) is 16.3. The zero-order valence-corrected chi connectivity index (χ0v) is 14.2. The predicted octanol–water partition coefficient (Wildman–Crippen LogP) is 3.78. The van der Waals surface area contributed by atoms with E-state index in [-0.39, 0.29) is 5.91 Å². The van der Waals surface area contributed by atoms with Gasteiger partial charge in [-0.15, -0.1) is 0 Å². The van der Waals surface area contributed by atoms with Gasteiger partial charge in [-0.05, 0) is 62.3 Å². The van der Waals surface area contributed by atoms with Crippen LogP contribution in [0.1, 0.15) is 39.2 Å². The first kappa shape index (κ1) is 16.8. The number of amides is 1. The van der Waals surface area contributed by atoms with Gasteiger partial charge in [0.15, 0.2) is 0 Å². The molecular formula is C18H27NO3. The molecule has 1 amide bonds. The van der Waals surface area contributed by atoms with Crippen molar-refractivity contribution in [3.63, 3.8) is 0 Å². The number of anilines is 1. The third-order valence-electron chi connectivity index (χ3n) is 4.24. The molecule has 0 heterocycles. The van der Waals surface area contributed by atoms with Crippen molar-refractivity contribution in [2.45, 2.75) is 46.1 Å². The van der Waals surface area contributed by atoms with Gasteiger partial charge in [-0.2, -0.15) is 0 Å². The van der Waals surface area contributed by atoms with Crippen molar-refractivity contribution in [2.75, 3.05) is 19.0 Å². The molecule has 122 valence electrons. The van der Waals surface area contributed by atoms with Gasteiger partial charge in [-0.3, -0.25) is 4.79 Å². The molecule has 0 bridgehead atoms. The van der Waals surface area contributed by atoms with Crippen molar-refractivity contribution in [2.24, 2.45) is 11.8 Å². The third-order valence-corrected chi connectivity index (χ3v) is 4.24. The molecule has 22 heavy (non-hydrogen) atoms. The van der Waals surface area contributed by atoms with E-state index in [0.717, 1.165) is 29.8 Å². The number of benzene rings is 1. The summed E-state index contributed by atoms with van der Waals surface area (Å²) in [5, 5.41) is 2.97. The summed E-state index contributed by atoms with van der Waals surface area (Å²) < 4.78 is 11.2. The molecule has 1 aliphatic rings. The molecule has 4 nitrogen and oxygen atoms in total. The van der Waals surface area contributed by atoms with Gasteiger partial charge in [0.1, 0.15) is 11.4 Å². The maximum Gasteiger partial charge on any atom is 0.256 e. The topological polar surface area (TPSA) is 47.6 Å². The average Bonchev–Trinajstić information content (AvgIpc) is 3.30. The van der Waals surface area contributed by atoms with Crippen molar-refractivity contribution >= 4 is 11.6 Å². The van der Waals surface area contributed by atoms with Gasteiger partial charge >= 0.3 is 0 Å². The lowest BCUT2D eigenvalue weighted by molar-refractivity contribution is -0.138. The van der Waals surface area contributed by atoms with Crippen LogP contribution in [0.15, 0.2) is 18.2 Å². The van der Waals surface area contributed by atoms with E-state index in [0.29, 0.717) is 18.4 Å². The van der Waals surface area contributed by atoms with Crippen LogP contribution in [0.4, 0.5) is 5.69 Å². The molecule has 2 rings (SSSR count). The van der Waals surface area contributed by atoms with E-state index < -0.39 is 5.60 Å². The number of carbonyl (C=O) groups excluding carboxylic acids is 1. The Kier molecular flexibility index (Phi) is 5.12. The quantitative estimate of drug-likeness (QED) is 0.834. The minimum Gasteiger partial charge on any atom is -0.493 e. The Hall–Kier alpha value is -1.55. The van der Waals surface area contributed by atoms with E-state index >= 15 is 0 Å². The Balaban J connectivity index is 2.04. The molecule has 1 atom stereocenters. The zero-order valence-electron chi connectivity index (χ0n) is 14.2. The molecule has 1 aromatic rings. The average molecular weight is 305 g/mol. The van der Waals surface area contributed by atoms with Crippen molar-refractivity contribution in [3.8, 4) is 5.75 Å². The highest BCUT2D eigenvalue weighted by atomic mass is 16.5. The number of rotatable bonds is 7. The van der Waals surface area contributed by atoms with E-state index in [2.05, 4.69) is 19.2 Å². The lowest BCUT2D eigenvalue weighted by Gasteiger charge is -2.26. The molecule has 0 aliphatic heterocycles. The molecule has 0 saturated heterocycles. The lowest BCUT2D eigenvalue weighted by Crippen LogP contribution is -2.44. The fraction of sp³-hybridized carbons (Fsp3) is 0.611. The Bertz CT molecular complexity index is 537. The lowest BCUT2D eigenvalue weighted by atomic mass is 9.99. The first-order valence-electron chi connectivity index (χ1n) is 7.97. The standard InChI is InChI=1S/C18H27NO3/c1-12(2)11-22-16-9-8-15(10-13(16)3)19-17(20)18(4,21-5)14-6-7-14/h8-10,12,14H,6-7,11H2,1-5H3,(H,19,20). The number of ether oxygens (including phenoxy) is 2. The second kappa shape index (κ2) is 6.69. The Morgan fingerprint density at radius 3 is 2.59 bits per heavy atom. The van der Waals surface area contributed by atoms with Gasteiger partial charge in [0, 0.05) is 12.8 Å². The second-order valence-corrected chi connectivity index (χ2v) is 6.72. The van der Waals surface area contributed by atoms with Crippen LogP contribution in [-0.4, -0.2) is 25.2 Å². The van der Waals surface area contributed by atoms with Crippen LogP contribution < -0.4 is 10.1 Å². The minimum atomic E-state index is -0.735. The number of methoxy groups -OCH3 is 1. The van der Waals surface area contributed by atoms with Gasteiger partial charge in [0.2, 0.25) is 0 Å². The van der Waals surface area contributed by atoms with Crippen LogP contribution in [0.25, 0.3) is 0 Å². The summed E-state index contributed by atoms with van der Waals surface area (Å²) in [5.74, 6) is 1.60. The van der Waals surface area contributed by atoms with E-state index in [1.165, 1.54) is 0 Å². The maximum atomic E-state index is 12.5. The van der Waals surface area contributed by atoms with E-state index in [9.17, 15) is 4.79 Å². The van der Waals surface area contributed by atoms with Crippen LogP contribution >= 0.6 is 0 Å². The third kappa shape index (κ3) is 3.80. The normalized spacial score (nSPS) is 17.2. The minimum absolute atomic E-state index is 0.0762. The summed E-state index contributed by atoms with van der Waals surface area (Å²) in [6.07, 6.45) is 2.11. The summed E-state index contributed by atoms with van der Waals surface area (Å²) in [4.78, 5) is 12.5. The monoisotopic (exact) mass is 305 g/mol. The van der Waals surface area contributed by atoms with Crippen molar-refractivity contribution < 1.29 is 14.3 Å². The molecule has 1 saturated carbocycles. The number of aryl methyl sites for hydroxylation is 1. The van der Waals surface area contributed by atoms with Crippen LogP contribution in [0.3, 0.4) is 0 Å². The van der Waals surface area contributed by atoms with Crippen LogP contribution in [-0.2, 0) is 9.53 Å². The first-order valence-corrected chi connectivity index (χ1v) is 7.97. The molecule has 1 aromatic carbocycles. The van der Waals surface area contributed by atoms with Crippen molar-refractivity contribution in [1.29, 1.82) is 0 Å². The van der Waals surface area contributed by atoms with Gasteiger partial charge in [-0.25, -0.2) is 0 Å². The number of nitrogens with one attached hydrogen (secondary N) is 1. The highest BCUT2D eigenvalue weighted by molar-refractivity contribution is 5.97. The summed E-state index contributed by atoms with van der Waals surface area (Å²) in [6.45, 7) is 8.78. The molecule has 4 heteroatoms. The van der Waals surface area contributed by atoms with E-state index in [1.54, 1.807) is 7.11 Å². The van der Waals surface area contributed by atoms with Gasteiger partial charge in [0.25, 0.3) is 5.91 Å². The number of hydrogen-bond acceptors (Lipinski definition) is 3. The fourth-order valence-electron chi connectivity index (χ4n) is 2.48. The smallest absolute Gasteiger partial charge is 0.256 e. The summed E-state index contributed by atoms with van der Waals surface area (Å²) >= 11 is 0. The van der Waals surface area contributed by atoms with E-state index in [1.807, 2.05) is 32.0 Å². The van der Waals surface area contributed by atoms with Gasteiger partial charge < -0.3 is 14.8 Å². The Morgan fingerprint density at radius 1 is 1.41 bits per heavy atom. The van der Waals surface area contributed by atoms with Crippen molar-refractivity contribution in [3.05, 3.63) is 23.8 Å². The largest absolute Gasteiger partial charge is 0.493 e. The summed E-state index contributed by atoms with van der Waals surface area (Å²) in [6, 6.07) is 5.73. The Morgan fingerprint density at radius 2 is 2.09 bits per heavy atom. The van der Waals surface area contributed by atoms with Crippen LogP contribution in [0, 0.1) is 18.8 Å². The molecule has 1 N–H and O–H groups in total. The second-order valence-electron chi connectivity index (χ2n) is 6.72. The van der Waals surface area contributed by atoms with Crippen molar-refractivity contribution in [1.82, 2.24) is 0 Å². The molecule has 0 radical (unpaired) electrons. The molecule has 0 aromatic heterocycles. The van der Waals surface area contributed by atoms with Crippen LogP contribution in [0.2, 0.25) is 0 Å². The Labute approximate surface area is 133 Å². The molecule has 1 fully saturated rings. The number of carbonyl (C=O) groups is 1. The maximum absolute atomic E-state index is 12.5. The first-order chi connectivity index (χ1) is 10.4. The highest BCUT2D eigenvalue weighted by Crippen LogP contribution is 2.42. The molecule has 1 aliphatic carbocycles. The SMILES string of the molecule is COC(C)(C(=O)Nc1ccc(OCC(C)C)c(C)c1)C1CC1. The van der Waals surface area contributed by atoms with Gasteiger partial charge in [-0.1, -0.05) is 13.8 Å². The molecular weight excluding hydrogens is 278 g/mol. The molecule has 1 unspecified atom stereocenters. The van der Waals surface area contributed by atoms with Gasteiger partial charge in [0.05, 0.1) is 6.61 Å². The molecule has 0 spiro atoms. The van der Waals surface area contributed by atoms with Crippen LogP contribution in [0.5, 0.6) is 5.75 Å². The fourth-order valence-corrected chi connectivity index (χ4v) is 2.48. The predicted molar refractivity (Wildman–Crippen MR) is 88.3 cm³/mol.